The first-order valence-electron chi connectivity index (χ1n) is 10.5. The summed E-state index contributed by atoms with van der Waals surface area (Å²) in [6.45, 7) is 1.84. The highest BCUT2D eigenvalue weighted by molar-refractivity contribution is 9.10. The molecule has 1 heterocycles. The van der Waals surface area contributed by atoms with Crippen LogP contribution in [0.25, 0.3) is 17.1 Å². The quantitative estimate of drug-likeness (QED) is 0.160. The topological polar surface area (TPSA) is 81.4 Å². The van der Waals surface area contributed by atoms with Gasteiger partial charge in [-0.05, 0) is 73.2 Å². The maximum absolute atomic E-state index is 12.5. The number of hydrogen-bond donors (Lipinski definition) is 1. The molecular weight excluding hydrogens is 550 g/mol. The largest absolute Gasteiger partial charge is 0.497 e. The second-order valence-electron chi connectivity index (χ2n) is 7.37. The Balaban J connectivity index is 1.53. The number of nitrogens with zero attached hydrogens (tertiary/aromatic N) is 4. The molecule has 4 rings (SSSR count). The van der Waals surface area contributed by atoms with E-state index in [9.17, 15) is 4.79 Å². The van der Waals surface area contributed by atoms with E-state index in [0.717, 1.165) is 27.0 Å². The Morgan fingerprint density at radius 3 is 2.40 bits per heavy atom. The monoisotopic (exact) mass is 569 g/mol. The average molecular weight is 571 g/mol. The molecule has 3 aromatic carbocycles. The lowest BCUT2D eigenvalue weighted by Gasteiger charge is -2.11. The van der Waals surface area contributed by atoms with Gasteiger partial charge in [0.15, 0.2) is 11.0 Å². The third-order valence-electron chi connectivity index (χ3n) is 5.01. The average Bonchev–Trinajstić information content (AvgIpc) is 3.31. The van der Waals surface area contributed by atoms with Crippen molar-refractivity contribution in [3.8, 4) is 22.8 Å². The first kappa shape index (κ1) is 25.0. The smallest absolute Gasteiger partial charge is 0.250 e. The molecular formula is C25H21BrClN5O2S. The molecule has 0 saturated carbocycles. The van der Waals surface area contributed by atoms with Gasteiger partial charge in [-0.25, -0.2) is 5.43 Å². The normalized spacial score (nSPS) is 11.4. The molecule has 0 fully saturated rings. The number of methoxy groups -OCH3 is 1. The van der Waals surface area contributed by atoms with Crippen LogP contribution in [0.1, 0.15) is 12.5 Å². The molecule has 0 bridgehead atoms. The molecule has 0 aliphatic rings. The van der Waals surface area contributed by atoms with Gasteiger partial charge in [-0.1, -0.05) is 51.4 Å². The van der Waals surface area contributed by atoms with Crippen LogP contribution in [0.3, 0.4) is 0 Å². The second-order valence-corrected chi connectivity index (χ2v) is 9.67. The Bertz CT molecular complexity index is 1340. The predicted molar refractivity (Wildman–Crippen MR) is 144 cm³/mol. The molecule has 1 N–H and O–H groups in total. The minimum atomic E-state index is -0.247. The molecule has 10 heteroatoms. The van der Waals surface area contributed by atoms with Crippen molar-refractivity contribution in [3.05, 3.63) is 87.9 Å². The Morgan fingerprint density at radius 1 is 1.06 bits per heavy atom. The molecule has 1 aromatic heterocycles. The van der Waals surface area contributed by atoms with Crippen molar-refractivity contribution >= 4 is 50.9 Å². The first-order valence-corrected chi connectivity index (χ1v) is 12.7. The summed E-state index contributed by atoms with van der Waals surface area (Å²) in [6.07, 6.45) is 0. The molecule has 0 aliphatic carbocycles. The number of carbonyl (C=O) groups is 1. The Labute approximate surface area is 220 Å². The number of carbonyl (C=O) groups excluding carboxylic acids is 1. The Hall–Kier alpha value is -3.14. The lowest BCUT2D eigenvalue weighted by Crippen LogP contribution is -2.21. The number of halogens is 2. The van der Waals surface area contributed by atoms with Crippen molar-refractivity contribution in [1.29, 1.82) is 0 Å². The molecule has 178 valence electrons. The third kappa shape index (κ3) is 6.30. The van der Waals surface area contributed by atoms with Crippen LogP contribution in [-0.2, 0) is 4.79 Å². The number of benzene rings is 3. The van der Waals surface area contributed by atoms with E-state index < -0.39 is 0 Å². The number of hydrogen-bond acceptors (Lipinski definition) is 6. The van der Waals surface area contributed by atoms with Gasteiger partial charge in [-0.2, -0.15) is 5.10 Å². The van der Waals surface area contributed by atoms with E-state index in [1.54, 1.807) is 19.2 Å². The Kier molecular flexibility index (Phi) is 8.22. The van der Waals surface area contributed by atoms with Gasteiger partial charge in [0.1, 0.15) is 5.75 Å². The number of ether oxygens (including phenoxy) is 1. The fourth-order valence-corrected chi connectivity index (χ4v) is 4.31. The molecule has 35 heavy (non-hydrogen) atoms. The Morgan fingerprint density at radius 2 is 1.74 bits per heavy atom. The van der Waals surface area contributed by atoms with E-state index in [1.807, 2.05) is 72.2 Å². The van der Waals surface area contributed by atoms with Crippen LogP contribution in [0.15, 0.2) is 87.5 Å². The number of hydrazone groups is 1. The first-order chi connectivity index (χ1) is 16.9. The van der Waals surface area contributed by atoms with E-state index in [0.29, 0.717) is 21.7 Å². The van der Waals surface area contributed by atoms with Gasteiger partial charge < -0.3 is 4.74 Å². The number of nitrogens with one attached hydrogen (secondary N) is 1. The zero-order chi connectivity index (χ0) is 24.8. The SMILES string of the molecule is COc1ccc(-c2nnc(SCC(=O)N/N=C(/C)c3ccc(Br)cc3)n2-c2ccc(Cl)cc2)cc1. The van der Waals surface area contributed by atoms with E-state index in [2.05, 4.69) is 36.7 Å². The molecule has 0 saturated heterocycles. The van der Waals surface area contributed by atoms with E-state index in [1.165, 1.54) is 11.8 Å². The van der Waals surface area contributed by atoms with Crippen LogP contribution < -0.4 is 10.2 Å². The zero-order valence-electron chi connectivity index (χ0n) is 18.9. The molecule has 4 aromatic rings. The third-order valence-corrected chi connectivity index (χ3v) is 6.72. The molecule has 0 unspecified atom stereocenters. The summed E-state index contributed by atoms with van der Waals surface area (Å²) in [6, 6.07) is 22.6. The zero-order valence-corrected chi connectivity index (χ0v) is 22.1. The van der Waals surface area contributed by atoms with Crippen molar-refractivity contribution in [3.63, 3.8) is 0 Å². The highest BCUT2D eigenvalue weighted by Crippen LogP contribution is 2.29. The summed E-state index contributed by atoms with van der Waals surface area (Å²) in [5.41, 5.74) is 5.94. The van der Waals surface area contributed by atoms with Gasteiger partial charge >= 0.3 is 0 Å². The number of rotatable bonds is 8. The highest BCUT2D eigenvalue weighted by Gasteiger charge is 2.17. The van der Waals surface area contributed by atoms with Gasteiger partial charge in [0.2, 0.25) is 0 Å². The second kappa shape index (κ2) is 11.5. The summed E-state index contributed by atoms with van der Waals surface area (Å²) in [7, 11) is 1.62. The number of thioether (sulfide) groups is 1. The van der Waals surface area contributed by atoms with Crippen molar-refractivity contribution in [2.75, 3.05) is 12.9 Å². The number of aromatic nitrogens is 3. The standard InChI is InChI=1S/C25H21BrClN5O2S/c1-16(17-3-7-19(26)8-4-17)28-29-23(33)15-35-25-31-30-24(18-5-13-22(34-2)14-6-18)32(25)21-11-9-20(27)10-12-21/h3-14H,15H2,1-2H3,(H,29,33)/b28-16-. The maximum Gasteiger partial charge on any atom is 0.250 e. The van der Waals surface area contributed by atoms with Gasteiger partial charge in [-0.3, -0.25) is 9.36 Å². The highest BCUT2D eigenvalue weighted by atomic mass is 79.9. The maximum atomic E-state index is 12.5. The molecule has 0 atom stereocenters. The molecule has 7 nitrogen and oxygen atoms in total. The van der Waals surface area contributed by atoms with Crippen LogP contribution in [0.4, 0.5) is 0 Å². The van der Waals surface area contributed by atoms with E-state index in [4.69, 9.17) is 16.3 Å². The summed E-state index contributed by atoms with van der Waals surface area (Å²) >= 11 is 10.8. The predicted octanol–water partition coefficient (Wildman–Crippen LogP) is 5.99. The fraction of sp³-hybridized carbons (Fsp3) is 0.120. The number of amides is 1. The fourth-order valence-electron chi connectivity index (χ4n) is 3.18. The van der Waals surface area contributed by atoms with Crippen molar-refractivity contribution in [2.24, 2.45) is 5.10 Å². The summed E-state index contributed by atoms with van der Waals surface area (Å²) in [4.78, 5) is 12.5. The van der Waals surface area contributed by atoms with Crippen molar-refractivity contribution < 1.29 is 9.53 Å². The van der Waals surface area contributed by atoms with Crippen LogP contribution in [0, 0.1) is 0 Å². The lowest BCUT2D eigenvalue weighted by atomic mass is 10.1. The van der Waals surface area contributed by atoms with Crippen LogP contribution in [0.5, 0.6) is 5.75 Å². The molecule has 0 spiro atoms. The van der Waals surface area contributed by atoms with Crippen molar-refractivity contribution in [1.82, 2.24) is 20.2 Å². The molecule has 1 amide bonds. The van der Waals surface area contributed by atoms with Crippen LogP contribution >= 0.6 is 39.3 Å². The minimum absolute atomic E-state index is 0.117. The van der Waals surface area contributed by atoms with Gasteiger partial charge in [0, 0.05) is 20.7 Å². The van der Waals surface area contributed by atoms with E-state index >= 15 is 0 Å². The van der Waals surface area contributed by atoms with Gasteiger partial charge in [-0.15, -0.1) is 10.2 Å². The minimum Gasteiger partial charge on any atom is -0.497 e. The lowest BCUT2D eigenvalue weighted by molar-refractivity contribution is -0.118. The summed E-state index contributed by atoms with van der Waals surface area (Å²) in [5.74, 6) is 1.26. The van der Waals surface area contributed by atoms with Gasteiger partial charge in [0.25, 0.3) is 5.91 Å². The molecule has 0 aliphatic heterocycles. The van der Waals surface area contributed by atoms with Crippen LogP contribution in [0.2, 0.25) is 5.02 Å². The van der Waals surface area contributed by atoms with Crippen LogP contribution in [-0.4, -0.2) is 39.2 Å². The molecule has 0 radical (unpaired) electrons. The van der Waals surface area contributed by atoms with Gasteiger partial charge in [0.05, 0.1) is 18.6 Å². The summed E-state index contributed by atoms with van der Waals surface area (Å²) in [5, 5.41) is 14.2. The summed E-state index contributed by atoms with van der Waals surface area (Å²) < 4.78 is 8.13. The van der Waals surface area contributed by atoms with Crippen molar-refractivity contribution in [2.45, 2.75) is 12.1 Å². The van der Waals surface area contributed by atoms with E-state index in [-0.39, 0.29) is 11.7 Å².